The SMILES string of the molecule is CC(=O)Nc1cccc(C(C)NC2CCC(N)CC2)c1. The predicted octanol–water partition coefficient (Wildman–Crippen LogP) is 2.57. The lowest BCUT2D eigenvalue weighted by atomic mass is 9.91. The van der Waals surface area contributed by atoms with E-state index in [1.54, 1.807) is 0 Å². The molecule has 1 unspecified atom stereocenters. The molecular formula is C16H25N3O. The quantitative estimate of drug-likeness (QED) is 0.791. The van der Waals surface area contributed by atoms with Crippen molar-refractivity contribution in [1.82, 2.24) is 5.32 Å². The van der Waals surface area contributed by atoms with Crippen molar-refractivity contribution < 1.29 is 4.79 Å². The first-order valence-electron chi connectivity index (χ1n) is 7.44. The van der Waals surface area contributed by atoms with Gasteiger partial charge < -0.3 is 16.4 Å². The summed E-state index contributed by atoms with van der Waals surface area (Å²) in [6.07, 6.45) is 4.51. The maximum atomic E-state index is 11.1. The number of amides is 1. The highest BCUT2D eigenvalue weighted by Gasteiger charge is 2.20. The van der Waals surface area contributed by atoms with Gasteiger partial charge in [0.25, 0.3) is 0 Å². The van der Waals surface area contributed by atoms with Gasteiger partial charge in [0.1, 0.15) is 0 Å². The third-order valence-corrected chi connectivity index (χ3v) is 3.96. The highest BCUT2D eigenvalue weighted by molar-refractivity contribution is 5.88. The van der Waals surface area contributed by atoms with Gasteiger partial charge in [0.2, 0.25) is 5.91 Å². The average Bonchev–Trinajstić information content (AvgIpc) is 2.41. The zero-order valence-electron chi connectivity index (χ0n) is 12.4. The van der Waals surface area contributed by atoms with Gasteiger partial charge in [-0.2, -0.15) is 0 Å². The summed E-state index contributed by atoms with van der Waals surface area (Å²) in [4.78, 5) is 11.1. The third-order valence-electron chi connectivity index (χ3n) is 3.96. The summed E-state index contributed by atoms with van der Waals surface area (Å²) >= 11 is 0. The molecule has 0 heterocycles. The molecule has 1 aliphatic rings. The molecule has 0 bridgehead atoms. The molecule has 0 spiro atoms. The van der Waals surface area contributed by atoms with Crippen LogP contribution in [-0.4, -0.2) is 18.0 Å². The number of carbonyl (C=O) groups is 1. The topological polar surface area (TPSA) is 67.2 Å². The van der Waals surface area contributed by atoms with Gasteiger partial charge in [-0.15, -0.1) is 0 Å². The monoisotopic (exact) mass is 275 g/mol. The molecule has 0 radical (unpaired) electrons. The average molecular weight is 275 g/mol. The van der Waals surface area contributed by atoms with E-state index >= 15 is 0 Å². The van der Waals surface area contributed by atoms with Crippen molar-refractivity contribution in [3.8, 4) is 0 Å². The van der Waals surface area contributed by atoms with Gasteiger partial charge in [-0.3, -0.25) is 4.79 Å². The van der Waals surface area contributed by atoms with Crippen LogP contribution in [0.4, 0.5) is 5.69 Å². The Kier molecular flexibility index (Phi) is 5.15. The molecule has 1 amide bonds. The summed E-state index contributed by atoms with van der Waals surface area (Å²) in [6, 6.07) is 9.24. The maximum absolute atomic E-state index is 11.1. The first-order valence-corrected chi connectivity index (χ1v) is 7.44. The summed E-state index contributed by atoms with van der Waals surface area (Å²) in [7, 11) is 0. The van der Waals surface area contributed by atoms with Crippen LogP contribution < -0.4 is 16.4 Å². The molecule has 20 heavy (non-hydrogen) atoms. The maximum Gasteiger partial charge on any atom is 0.221 e. The Morgan fingerprint density at radius 3 is 2.65 bits per heavy atom. The van der Waals surface area contributed by atoms with E-state index in [1.165, 1.54) is 12.5 Å². The van der Waals surface area contributed by atoms with Gasteiger partial charge in [0.05, 0.1) is 0 Å². The summed E-state index contributed by atoms with van der Waals surface area (Å²) < 4.78 is 0. The number of rotatable bonds is 4. The lowest BCUT2D eigenvalue weighted by molar-refractivity contribution is -0.114. The summed E-state index contributed by atoms with van der Waals surface area (Å²) in [5.41, 5.74) is 7.99. The molecular weight excluding hydrogens is 250 g/mol. The Labute approximate surface area is 121 Å². The first kappa shape index (κ1) is 15.0. The highest BCUT2D eigenvalue weighted by Crippen LogP contribution is 2.22. The molecule has 110 valence electrons. The summed E-state index contributed by atoms with van der Waals surface area (Å²) in [5, 5.41) is 6.49. The molecule has 1 aromatic rings. The van der Waals surface area contributed by atoms with E-state index in [9.17, 15) is 4.79 Å². The number of hydrogen-bond acceptors (Lipinski definition) is 3. The number of carbonyl (C=O) groups excluding carboxylic acids is 1. The van der Waals surface area contributed by atoms with Crippen molar-refractivity contribution in [3.05, 3.63) is 29.8 Å². The molecule has 1 saturated carbocycles. The van der Waals surface area contributed by atoms with Crippen LogP contribution in [-0.2, 0) is 4.79 Å². The van der Waals surface area contributed by atoms with Gasteiger partial charge in [-0.05, 0) is 50.3 Å². The van der Waals surface area contributed by atoms with E-state index in [0.29, 0.717) is 12.1 Å². The molecule has 0 aromatic heterocycles. The van der Waals surface area contributed by atoms with E-state index in [0.717, 1.165) is 31.4 Å². The molecule has 4 nitrogen and oxygen atoms in total. The number of nitrogens with two attached hydrogens (primary N) is 1. The van der Waals surface area contributed by atoms with Crippen LogP contribution >= 0.6 is 0 Å². The fraction of sp³-hybridized carbons (Fsp3) is 0.562. The molecule has 4 N–H and O–H groups in total. The fourth-order valence-electron chi connectivity index (χ4n) is 2.82. The minimum absolute atomic E-state index is 0.0379. The van der Waals surface area contributed by atoms with Crippen molar-refractivity contribution in [2.45, 2.75) is 57.7 Å². The van der Waals surface area contributed by atoms with E-state index < -0.39 is 0 Å². The standard InChI is InChI=1S/C16H25N3O/c1-11(18-15-8-6-14(17)7-9-15)13-4-3-5-16(10-13)19-12(2)20/h3-5,10-11,14-15,18H,6-9,17H2,1-2H3,(H,19,20). The van der Waals surface area contributed by atoms with Crippen molar-refractivity contribution in [2.24, 2.45) is 5.73 Å². The van der Waals surface area contributed by atoms with Crippen LogP contribution in [0.15, 0.2) is 24.3 Å². The molecule has 1 atom stereocenters. The van der Waals surface area contributed by atoms with Crippen molar-refractivity contribution in [1.29, 1.82) is 0 Å². The molecule has 1 aromatic carbocycles. The number of nitrogens with one attached hydrogen (secondary N) is 2. The molecule has 1 fully saturated rings. The Bertz CT molecular complexity index is 453. The lowest BCUT2D eigenvalue weighted by Crippen LogP contribution is -2.38. The van der Waals surface area contributed by atoms with E-state index in [-0.39, 0.29) is 11.9 Å². The minimum Gasteiger partial charge on any atom is -0.328 e. The zero-order valence-corrected chi connectivity index (χ0v) is 12.4. The zero-order chi connectivity index (χ0) is 14.5. The van der Waals surface area contributed by atoms with Crippen LogP contribution in [0.2, 0.25) is 0 Å². The van der Waals surface area contributed by atoms with Crippen molar-refractivity contribution >= 4 is 11.6 Å². The Balaban J connectivity index is 1.94. The molecule has 2 rings (SSSR count). The van der Waals surface area contributed by atoms with Crippen LogP contribution in [0.25, 0.3) is 0 Å². The molecule has 0 aliphatic heterocycles. The minimum atomic E-state index is -0.0379. The largest absolute Gasteiger partial charge is 0.328 e. The summed E-state index contributed by atoms with van der Waals surface area (Å²) in [5.74, 6) is -0.0379. The van der Waals surface area contributed by atoms with Crippen LogP contribution in [0.5, 0.6) is 0 Å². The van der Waals surface area contributed by atoms with Gasteiger partial charge in [0, 0.05) is 30.7 Å². The lowest BCUT2D eigenvalue weighted by Gasteiger charge is -2.29. The van der Waals surface area contributed by atoms with Gasteiger partial charge in [-0.1, -0.05) is 12.1 Å². The third kappa shape index (κ3) is 4.32. The second-order valence-electron chi connectivity index (χ2n) is 5.81. The Hall–Kier alpha value is -1.39. The fourth-order valence-corrected chi connectivity index (χ4v) is 2.82. The molecule has 1 aliphatic carbocycles. The van der Waals surface area contributed by atoms with Crippen molar-refractivity contribution in [3.63, 3.8) is 0 Å². The second kappa shape index (κ2) is 6.86. The number of anilines is 1. The van der Waals surface area contributed by atoms with Gasteiger partial charge >= 0.3 is 0 Å². The Morgan fingerprint density at radius 2 is 2.00 bits per heavy atom. The number of benzene rings is 1. The highest BCUT2D eigenvalue weighted by atomic mass is 16.1. The van der Waals surface area contributed by atoms with Gasteiger partial charge in [-0.25, -0.2) is 0 Å². The van der Waals surface area contributed by atoms with E-state index in [4.69, 9.17) is 5.73 Å². The smallest absolute Gasteiger partial charge is 0.221 e. The summed E-state index contributed by atoms with van der Waals surface area (Å²) in [6.45, 7) is 3.70. The first-order chi connectivity index (χ1) is 9.54. The van der Waals surface area contributed by atoms with E-state index in [1.807, 2.05) is 18.2 Å². The Morgan fingerprint density at radius 1 is 1.30 bits per heavy atom. The van der Waals surface area contributed by atoms with Gasteiger partial charge in [0.15, 0.2) is 0 Å². The van der Waals surface area contributed by atoms with Crippen LogP contribution in [0.1, 0.15) is 51.1 Å². The van der Waals surface area contributed by atoms with Crippen LogP contribution in [0.3, 0.4) is 0 Å². The molecule has 0 saturated heterocycles. The second-order valence-corrected chi connectivity index (χ2v) is 5.81. The normalized spacial score (nSPS) is 24.1. The molecule has 4 heteroatoms. The predicted molar refractivity (Wildman–Crippen MR) is 82.5 cm³/mol. The number of hydrogen-bond donors (Lipinski definition) is 3. The van der Waals surface area contributed by atoms with Crippen LogP contribution in [0, 0.1) is 0 Å². The van der Waals surface area contributed by atoms with E-state index in [2.05, 4.69) is 23.6 Å². The van der Waals surface area contributed by atoms with Crippen molar-refractivity contribution in [2.75, 3.05) is 5.32 Å².